The molecule has 10 heteroatoms. The molecule has 9 rings (SSSR count). The van der Waals surface area contributed by atoms with Crippen LogP contribution < -0.4 is 0 Å². The minimum atomic E-state index is -0.342. The molecule has 1 aliphatic carbocycles. The van der Waals surface area contributed by atoms with Crippen LogP contribution >= 0.6 is 0 Å². The van der Waals surface area contributed by atoms with Crippen LogP contribution in [0.4, 0.5) is 0 Å². The highest BCUT2D eigenvalue weighted by Crippen LogP contribution is 2.42. The average molecular weight is 759 g/mol. The van der Waals surface area contributed by atoms with Crippen LogP contribution in [0.15, 0.2) is 109 Å². The summed E-state index contributed by atoms with van der Waals surface area (Å²) in [5.74, 6) is 1.90. The number of hydrogen-bond acceptors (Lipinski definition) is 6. The SMILES string of the molecule is CN(C)[C@@H](C(=O)N1CCC[C@H]1c1ncc(-c2ccc3c(c2)Cc2cc(-c4cnc([C@@H]5CCCN5C(=O)[C@@H](c5ccccc5)N(C)C)[nH]4)ccc2-3)[nH]1)c1ccccc1. The number of benzene rings is 4. The first-order valence-corrected chi connectivity index (χ1v) is 20.2. The van der Waals surface area contributed by atoms with Crippen LogP contribution in [0, 0.1) is 0 Å². The van der Waals surface area contributed by atoms with Gasteiger partial charge in [0.25, 0.3) is 0 Å². The summed E-state index contributed by atoms with van der Waals surface area (Å²) in [7, 11) is 7.87. The van der Waals surface area contributed by atoms with E-state index in [2.05, 4.69) is 46.4 Å². The Hall–Kier alpha value is -5.84. The molecule has 6 aromatic rings. The van der Waals surface area contributed by atoms with E-state index in [0.717, 1.165) is 90.5 Å². The monoisotopic (exact) mass is 758 g/mol. The van der Waals surface area contributed by atoms with E-state index in [-0.39, 0.29) is 36.0 Å². The highest BCUT2D eigenvalue weighted by Gasteiger charge is 2.38. The Labute approximate surface area is 334 Å². The number of aromatic amines is 2. The van der Waals surface area contributed by atoms with E-state index in [4.69, 9.17) is 9.97 Å². The van der Waals surface area contributed by atoms with Gasteiger partial charge < -0.3 is 19.8 Å². The molecule has 2 saturated heterocycles. The van der Waals surface area contributed by atoms with Gasteiger partial charge in [-0.1, -0.05) is 84.9 Å². The summed E-state index contributed by atoms with van der Waals surface area (Å²) in [6, 6.07) is 32.5. The van der Waals surface area contributed by atoms with Crippen molar-refractivity contribution in [2.45, 2.75) is 56.3 Å². The lowest BCUT2D eigenvalue weighted by Gasteiger charge is -2.31. The van der Waals surface area contributed by atoms with Crippen LogP contribution in [-0.2, 0) is 16.0 Å². The summed E-state index contributed by atoms with van der Waals surface area (Å²) in [5, 5.41) is 0. The number of aromatic nitrogens is 4. The number of nitrogens with one attached hydrogen (secondary N) is 2. The zero-order chi connectivity index (χ0) is 39.2. The van der Waals surface area contributed by atoms with Crippen LogP contribution in [0.5, 0.6) is 0 Å². The number of imidazole rings is 2. The van der Waals surface area contributed by atoms with Gasteiger partial charge in [-0.2, -0.15) is 0 Å². The van der Waals surface area contributed by atoms with Crippen molar-refractivity contribution in [1.82, 2.24) is 39.5 Å². The maximum Gasteiger partial charge on any atom is 0.245 e. The molecule has 10 nitrogen and oxygen atoms in total. The molecule has 3 aliphatic rings. The van der Waals surface area contributed by atoms with Gasteiger partial charge in [0.15, 0.2) is 0 Å². The quantitative estimate of drug-likeness (QED) is 0.147. The van der Waals surface area contributed by atoms with Crippen molar-refractivity contribution in [3.05, 3.63) is 143 Å². The average Bonchev–Trinajstić information content (AvgIpc) is 4.07. The number of nitrogens with zero attached hydrogens (tertiary/aromatic N) is 6. The van der Waals surface area contributed by atoms with E-state index in [1.54, 1.807) is 0 Å². The Morgan fingerprint density at radius 1 is 0.614 bits per heavy atom. The second-order valence-corrected chi connectivity index (χ2v) is 16.2. The van der Waals surface area contributed by atoms with Gasteiger partial charge in [0.2, 0.25) is 11.8 Å². The summed E-state index contributed by atoms with van der Waals surface area (Å²) in [6.07, 6.45) is 8.33. The highest BCUT2D eigenvalue weighted by atomic mass is 16.2. The first-order valence-electron chi connectivity index (χ1n) is 20.2. The van der Waals surface area contributed by atoms with Crippen molar-refractivity contribution < 1.29 is 9.59 Å². The van der Waals surface area contributed by atoms with E-state index in [0.29, 0.717) is 0 Å². The summed E-state index contributed by atoms with van der Waals surface area (Å²) < 4.78 is 0. The fraction of sp³-hybridized carbons (Fsp3) is 0.319. The third-order valence-corrected chi connectivity index (χ3v) is 12.1. The van der Waals surface area contributed by atoms with Crippen molar-refractivity contribution in [1.29, 1.82) is 0 Å². The second kappa shape index (κ2) is 15.2. The lowest BCUT2D eigenvalue weighted by atomic mass is 10.0. The van der Waals surface area contributed by atoms with Crippen LogP contribution in [-0.4, -0.2) is 92.6 Å². The second-order valence-electron chi connectivity index (χ2n) is 16.2. The Morgan fingerprint density at radius 3 is 1.44 bits per heavy atom. The normalized spacial score (nSPS) is 18.6. The molecule has 2 amide bonds. The summed E-state index contributed by atoms with van der Waals surface area (Å²) in [5.41, 5.74) is 11.2. The fourth-order valence-corrected chi connectivity index (χ4v) is 9.39. The number of carbonyl (C=O) groups excluding carboxylic acids is 2. The minimum Gasteiger partial charge on any atom is -0.340 e. The first-order chi connectivity index (χ1) is 27.7. The molecule has 2 aliphatic heterocycles. The number of hydrogen-bond donors (Lipinski definition) is 2. The van der Waals surface area contributed by atoms with Crippen molar-refractivity contribution >= 4 is 11.8 Å². The largest absolute Gasteiger partial charge is 0.340 e. The third kappa shape index (κ3) is 6.87. The van der Waals surface area contributed by atoms with Gasteiger partial charge in [0.05, 0.1) is 35.9 Å². The van der Waals surface area contributed by atoms with Gasteiger partial charge in [-0.3, -0.25) is 19.4 Å². The Kier molecular flexibility index (Phi) is 9.84. The fourth-order valence-electron chi connectivity index (χ4n) is 9.39. The van der Waals surface area contributed by atoms with Gasteiger partial charge in [-0.05, 0) is 117 Å². The molecule has 2 aromatic heterocycles. The molecule has 2 fully saturated rings. The number of carbonyl (C=O) groups is 2. The van der Waals surface area contributed by atoms with Crippen LogP contribution in [0.25, 0.3) is 33.6 Å². The number of fused-ring (bicyclic) bond motifs is 3. The summed E-state index contributed by atoms with van der Waals surface area (Å²) in [4.78, 5) is 52.9. The predicted molar refractivity (Wildman–Crippen MR) is 223 cm³/mol. The molecule has 290 valence electrons. The molecule has 4 heterocycles. The topological polar surface area (TPSA) is 104 Å². The Bertz CT molecular complexity index is 2230. The van der Waals surface area contributed by atoms with E-state index >= 15 is 0 Å². The van der Waals surface area contributed by atoms with E-state index in [1.165, 1.54) is 22.3 Å². The molecule has 57 heavy (non-hydrogen) atoms. The Balaban J connectivity index is 0.902. The lowest BCUT2D eigenvalue weighted by Crippen LogP contribution is -2.40. The summed E-state index contributed by atoms with van der Waals surface area (Å²) >= 11 is 0. The number of amides is 2. The minimum absolute atomic E-state index is 0.0843. The van der Waals surface area contributed by atoms with Crippen LogP contribution in [0.2, 0.25) is 0 Å². The van der Waals surface area contributed by atoms with Crippen molar-refractivity contribution in [3.8, 4) is 33.6 Å². The van der Waals surface area contributed by atoms with Crippen LogP contribution in [0.1, 0.15) is 83.8 Å². The number of rotatable bonds is 10. The van der Waals surface area contributed by atoms with Crippen molar-refractivity contribution in [2.75, 3.05) is 41.3 Å². The van der Waals surface area contributed by atoms with Gasteiger partial charge in [-0.25, -0.2) is 9.97 Å². The maximum absolute atomic E-state index is 14.0. The number of likely N-dealkylation sites (tertiary alicyclic amines) is 2. The first kappa shape index (κ1) is 36.8. The van der Waals surface area contributed by atoms with Gasteiger partial charge in [0, 0.05) is 13.1 Å². The van der Waals surface area contributed by atoms with E-state index in [9.17, 15) is 9.59 Å². The molecule has 4 aromatic carbocycles. The van der Waals surface area contributed by atoms with Gasteiger partial charge in [-0.15, -0.1) is 0 Å². The molecule has 0 radical (unpaired) electrons. The predicted octanol–water partition coefficient (Wildman–Crippen LogP) is 7.97. The highest BCUT2D eigenvalue weighted by molar-refractivity contribution is 5.85. The molecule has 0 unspecified atom stereocenters. The van der Waals surface area contributed by atoms with E-state index < -0.39 is 0 Å². The van der Waals surface area contributed by atoms with Gasteiger partial charge in [0.1, 0.15) is 23.7 Å². The number of H-pyrrole nitrogens is 2. The molecule has 2 N–H and O–H groups in total. The molecule has 0 spiro atoms. The standard InChI is InChI=1S/C47H50N8O2/c1-52(2)42(30-13-7-5-8-14-30)46(56)54-23-11-17-40(54)44-48-28-38(50-44)32-19-21-36-34(25-32)27-35-26-33(20-22-37(35)36)39-29-49-45(51-39)41-18-12-24-55(41)47(57)43(53(3)4)31-15-9-6-10-16-31/h5-10,13-16,19-22,25-26,28-29,40-43H,11-12,17-18,23-24,27H2,1-4H3,(H,48,50)(H,49,51)/t40-,41-,42+,43+/m0/s1. The van der Waals surface area contributed by atoms with Crippen LogP contribution in [0.3, 0.4) is 0 Å². The zero-order valence-electron chi connectivity index (χ0n) is 33.2. The molecular formula is C47H50N8O2. The van der Waals surface area contributed by atoms with Crippen molar-refractivity contribution in [3.63, 3.8) is 0 Å². The smallest absolute Gasteiger partial charge is 0.245 e. The zero-order valence-corrected chi connectivity index (χ0v) is 33.2. The summed E-state index contributed by atoms with van der Waals surface area (Å²) in [6.45, 7) is 1.45. The molecule has 0 saturated carbocycles. The van der Waals surface area contributed by atoms with Gasteiger partial charge >= 0.3 is 0 Å². The maximum atomic E-state index is 14.0. The number of likely N-dealkylation sites (N-methyl/N-ethyl adjacent to an activating group) is 2. The molecular weight excluding hydrogens is 709 g/mol. The van der Waals surface area contributed by atoms with Crippen molar-refractivity contribution in [2.24, 2.45) is 0 Å². The molecule has 0 bridgehead atoms. The van der Waals surface area contributed by atoms with E-state index in [1.807, 2.05) is 121 Å². The third-order valence-electron chi connectivity index (χ3n) is 12.1. The lowest BCUT2D eigenvalue weighted by molar-refractivity contribution is -0.138. The molecule has 4 atom stereocenters. The Morgan fingerprint density at radius 2 is 1.04 bits per heavy atom.